The van der Waals surface area contributed by atoms with Crippen molar-refractivity contribution in [1.29, 1.82) is 0 Å². The van der Waals surface area contributed by atoms with Gasteiger partial charge in [-0.25, -0.2) is 9.78 Å². The van der Waals surface area contributed by atoms with Crippen molar-refractivity contribution in [3.05, 3.63) is 40.8 Å². The van der Waals surface area contributed by atoms with Gasteiger partial charge in [-0.15, -0.1) is 11.3 Å². The normalized spacial score (nSPS) is 10.8. The van der Waals surface area contributed by atoms with Crippen molar-refractivity contribution in [2.75, 3.05) is 25.1 Å². The highest BCUT2D eigenvalue weighted by molar-refractivity contribution is 7.30. The largest absolute Gasteiger partial charge is 0.486 e. The first-order valence-electron chi connectivity index (χ1n) is 7.84. The number of benzene rings is 1. The third-order valence-corrected chi connectivity index (χ3v) is 5.47. The first-order chi connectivity index (χ1) is 12.2. The number of thiazole rings is 1. The standard InChI is InChI=1S/C17H18N2O4S2/c1-2-22-16(21)14-12(23-10-11-6-4-3-5-7-11)13-15(24-14)19-17(25-13)18-8-9-20/h3-7,20H,2,8-10H2,1H3,(H,18,19). The second-order valence-electron chi connectivity index (χ2n) is 5.06. The number of carbonyl (C=O) groups is 1. The van der Waals surface area contributed by atoms with Crippen molar-refractivity contribution in [3.8, 4) is 5.75 Å². The lowest BCUT2D eigenvalue weighted by Gasteiger charge is -2.07. The van der Waals surface area contributed by atoms with Gasteiger partial charge in [0, 0.05) is 6.54 Å². The van der Waals surface area contributed by atoms with Crippen molar-refractivity contribution < 1.29 is 19.4 Å². The number of esters is 1. The highest BCUT2D eigenvalue weighted by atomic mass is 32.1. The maximum atomic E-state index is 12.2. The fourth-order valence-corrected chi connectivity index (χ4v) is 4.37. The third kappa shape index (κ3) is 4.09. The van der Waals surface area contributed by atoms with Crippen LogP contribution in [0.2, 0.25) is 0 Å². The summed E-state index contributed by atoms with van der Waals surface area (Å²) in [7, 11) is 0. The van der Waals surface area contributed by atoms with Gasteiger partial charge in [0.2, 0.25) is 0 Å². The molecule has 0 spiro atoms. The average molecular weight is 378 g/mol. The minimum Gasteiger partial charge on any atom is -0.486 e. The molecule has 0 fully saturated rings. The molecule has 0 saturated carbocycles. The number of carbonyl (C=O) groups excluding carboxylic acids is 1. The molecule has 0 aliphatic heterocycles. The van der Waals surface area contributed by atoms with Gasteiger partial charge in [0.1, 0.15) is 16.1 Å². The van der Waals surface area contributed by atoms with Crippen LogP contribution in [0.3, 0.4) is 0 Å². The number of aliphatic hydroxyl groups is 1. The summed E-state index contributed by atoms with van der Waals surface area (Å²) in [5.41, 5.74) is 1.01. The van der Waals surface area contributed by atoms with Crippen molar-refractivity contribution in [3.63, 3.8) is 0 Å². The molecule has 6 nitrogen and oxygen atoms in total. The zero-order valence-corrected chi connectivity index (χ0v) is 15.3. The summed E-state index contributed by atoms with van der Waals surface area (Å²) in [4.78, 5) is 17.8. The quantitative estimate of drug-likeness (QED) is 0.584. The number of nitrogens with zero attached hydrogens (tertiary/aromatic N) is 1. The van der Waals surface area contributed by atoms with Gasteiger partial charge in [0.25, 0.3) is 0 Å². The number of aliphatic hydroxyl groups excluding tert-OH is 1. The van der Waals surface area contributed by atoms with Crippen molar-refractivity contribution in [1.82, 2.24) is 4.98 Å². The van der Waals surface area contributed by atoms with Crippen LogP contribution in [-0.2, 0) is 11.3 Å². The Balaban J connectivity index is 1.90. The number of aromatic nitrogens is 1. The van der Waals surface area contributed by atoms with Gasteiger partial charge in [0.15, 0.2) is 15.8 Å². The molecule has 0 amide bonds. The predicted molar refractivity (Wildman–Crippen MR) is 99.8 cm³/mol. The number of ether oxygens (including phenoxy) is 2. The number of nitrogens with one attached hydrogen (secondary N) is 1. The van der Waals surface area contributed by atoms with Gasteiger partial charge < -0.3 is 19.9 Å². The Kier molecular flexibility index (Phi) is 5.85. The fraction of sp³-hybridized carbons (Fsp3) is 0.294. The Labute approximate surface area is 153 Å². The van der Waals surface area contributed by atoms with E-state index in [1.54, 1.807) is 6.92 Å². The van der Waals surface area contributed by atoms with E-state index in [2.05, 4.69) is 10.3 Å². The summed E-state index contributed by atoms with van der Waals surface area (Å²) < 4.78 is 11.9. The van der Waals surface area contributed by atoms with Crippen LogP contribution in [-0.4, -0.2) is 35.8 Å². The minimum atomic E-state index is -0.398. The Morgan fingerprint density at radius 3 is 2.80 bits per heavy atom. The molecule has 0 bridgehead atoms. The lowest BCUT2D eigenvalue weighted by Crippen LogP contribution is -2.05. The van der Waals surface area contributed by atoms with Gasteiger partial charge in [-0.2, -0.15) is 0 Å². The van der Waals surface area contributed by atoms with Gasteiger partial charge >= 0.3 is 5.97 Å². The van der Waals surface area contributed by atoms with E-state index < -0.39 is 5.97 Å². The summed E-state index contributed by atoms with van der Waals surface area (Å²) in [5, 5.41) is 12.7. The molecule has 3 aromatic rings. The zero-order chi connectivity index (χ0) is 17.6. The average Bonchev–Trinajstić information content (AvgIpc) is 3.17. The highest BCUT2D eigenvalue weighted by Crippen LogP contribution is 2.43. The first-order valence-corrected chi connectivity index (χ1v) is 9.48. The number of anilines is 1. The second-order valence-corrected chi connectivity index (χ2v) is 7.06. The van der Waals surface area contributed by atoms with E-state index in [4.69, 9.17) is 14.6 Å². The van der Waals surface area contributed by atoms with E-state index in [0.29, 0.717) is 35.5 Å². The summed E-state index contributed by atoms with van der Waals surface area (Å²) in [5.74, 6) is 0.113. The molecule has 1 aromatic carbocycles. The molecule has 0 unspecified atom stereocenters. The molecule has 132 valence electrons. The van der Waals surface area contributed by atoms with Crippen LogP contribution >= 0.6 is 22.7 Å². The number of hydrogen-bond donors (Lipinski definition) is 2. The van der Waals surface area contributed by atoms with E-state index in [9.17, 15) is 4.79 Å². The van der Waals surface area contributed by atoms with E-state index >= 15 is 0 Å². The molecule has 0 aliphatic rings. The van der Waals surface area contributed by atoms with Crippen molar-refractivity contribution in [2.24, 2.45) is 0 Å². The zero-order valence-electron chi connectivity index (χ0n) is 13.7. The summed E-state index contributed by atoms with van der Waals surface area (Å²) in [6.07, 6.45) is 0. The maximum Gasteiger partial charge on any atom is 0.352 e. The van der Waals surface area contributed by atoms with Crippen LogP contribution in [0.1, 0.15) is 22.2 Å². The molecule has 8 heteroatoms. The van der Waals surface area contributed by atoms with Crippen LogP contribution in [0.4, 0.5) is 5.13 Å². The van der Waals surface area contributed by atoms with Crippen LogP contribution in [0.25, 0.3) is 9.53 Å². The topological polar surface area (TPSA) is 80.7 Å². The van der Waals surface area contributed by atoms with Crippen molar-refractivity contribution >= 4 is 43.3 Å². The van der Waals surface area contributed by atoms with Crippen molar-refractivity contribution in [2.45, 2.75) is 13.5 Å². The van der Waals surface area contributed by atoms with Gasteiger partial charge in [-0.3, -0.25) is 0 Å². The smallest absolute Gasteiger partial charge is 0.352 e. The lowest BCUT2D eigenvalue weighted by atomic mass is 10.2. The first kappa shape index (κ1) is 17.7. The highest BCUT2D eigenvalue weighted by Gasteiger charge is 2.24. The summed E-state index contributed by atoms with van der Waals surface area (Å²) in [6, 6.07) is 9.76. The molecule has 0 radical (unpaired) electrons. The number of rotatable bonds is 8. The molecule has 2 heterocycles. The van der Waals surface area contributed by atoms with E-state index in [-0.39, 0.29) is 6.61 Å². The Bertz CT molecular complexity index is 845. The Morgan fingerprint density at radius 1 is 1.28 bits per heavy atom. The number of thiophene rings is 1. The third-order valence-electron chi connectivity index (χ3n) is 3.28. The Hall–Kier alpha value is -2.16. The van der Waals surface area contributed by atoms with E-state index in [0.717, 1.165) is 15.1 Å². The van der Waals surface area contributed by atoms with Crippen LogP contribution in [0.5, 0.6) is 5.75 Å². The Morgan fingerprint density at radius 2 is 2.08 bits per heavy atom. The maximum absolute atomic E-state index is 12.2. The molecule has 0 saturated heterocycles. The van der Waals surface area contributed by atoms with E-state index in [1.165, 1.54) is 22.7 Å². The number of fused-ring (bicyclic) bond motifs is 1. The molecule has 0 atom stereocenters. The summed E-state index contributed by atoms with van der Waals surface area (Å²) in [6.45, 7) is 2.88. The van der Waals surface area contributed by atoms with Gasteiger partial charge in [0.05, 0.1) is 13.2 Å². The molecular formula is C17H18N2O4S2. The van der Waals surface area contributed by atoms with Crippen LogP contribution in [0.15, 0.2) is 30.3 Å². The molecule has 3 rings (SSSR count). The van der Waals surface area contributed by atoms with Gasteiger partial charge in [-0.05, 0) is 12.5 Å². The minimum absolute atomic E-state index is 0.0265. The van der Waals surface area contributed by atoms with Gasteiger partial charge in [-0.1, -0.05) is 41.7 Å². The molecular weight excluding hydrogens is 360 g/mol. The fourth-order valence-electron chi connectivity index (χ4n) is 2.20. The monoisotopic (exact) mass is 378 g/mol. The summed E-state index contributed by atoms with van der Waals surface area (Å²) >= 11 is 2.66. The van der Waals surface area contributed by atoms with Crippen LogP contribution in [0, 0.1) is 0 Å². The molecule has 0 aliphatic carbocycles. The lowest BCUT2D eigenvalue weighted by molar-refractivity contribution is 0.0527. The van der Waals surface area contributed by atoms with Crippen LogP contribution < -0.4 is 10.1 Å². The number of hydrogen-bond acceptors (Lipinski definition) is 8. The molecule has 2 aromatic heterocycles. The predicted octanol–water partition coefficient (Wildman–Crippen LogP) is 3.52. The molecule has 25 heavy (non-hydrogen) atoms. The molecule has 2 N–H and O–H groups in total. The van der Waals surface area contributed by atoms with E-state index in [1.807, 2.05) is 30.3 Å². The second kappa shape index (κ2) is 8.28. The SMILES string of the molecule is CCOC(=O)c1sc2nc(NCCO)sc2c1OCc1ccccc1.